The van der Waals surface area contributed by atoms with E-state index in [2.05, 4.69) is 31.1 Å². The van der Waals surface area contributed by atoms with E-state index in [4.69, 9.17) is 5.11 Å². The molecule has 1 aromatic carbocycles. The predicted molar refractivity (Wildman–Crippen MR) is 56.5 cm³/mol. The number of aromatic nitrogens is 3. The van der Waals surface area contributed by atoms with Gasteiger partial charge in [0.15, 0.2) is 5.82 Å². The number of H-pyrrole nitrogens is 1. The van der Waals surface area contributed by atoms with Gasteiger partial charge in [-0.1, -0.05) is 28.1 Å². The van der Waals surface area contributed by atoms with Crippen LogP contribution in [0.5, 0.6) is 0 Å². The van der Waals surface area contributed by atoms with E-state index in [0.29, 0.717) is 5.82 Å². The molecule has 0 aliphatic heterocycles. The van der Waals surface area contributed by atoms with Crippen molar-refractivity contribution in [2.24, 2.45) is 0 Å². The van der Waals surface area contributed by atoms with Crippen LogP contribution in [0.4, 0.5) is 0 Å². The molecule has 1 heterocycles. The molecule has 1 aromatic heterocycles. The number of nitrogens with zero attached hydrogens (tertiary/aromatic N) is 2. The van der Waals surface area contributed by atoms with Crippen LogP contribution < -0.4 is 0 Å². The maximum Gasteiger partial charge on any atom is 0.373 e. The molecule has 0 aliphatic rings. The first-order valence-electron chi connectivity index (χ1n) is 4.09. The maximum atomic E-state index is 10.6. The summed E-state index contributed by atoms with van der Waals surface area (Å²) in [6, 6.07) is 7.33. The number of carboxylic acid groups (broad SMARTS) is 1. The fraction of sp³-hybridized carbons (Fsp3) is 0. The topological polar surface area (TPSA) is 78.9 Å². The first-order valence-corrected chi connectivity index (χ1v) is 4.88. The SMILES string of the molecule is O=C(O)c1nc(-c2ccccc2Br)n[nH]1. The van der Waals surface area contributed by atoms with Gasteiger partial charge in [0, 0.05) is 10.0 Å². The third-order valence-corrected chi connectivity index (χ3v) is 2.49. The minimum Gasteiger partial charge on any atom is -0.475 e. The van der Waals surface area contributed by atoms with Gasteiger partial charge in [-0.05, 0) is 12.1 Å². The highest BCUT2D eigenvalue weighted by Gasteiger charge is 2.12. The van der Waals surface area contributed by atoms with E-state index in [1.54, 1.807) is 6.07 Å². The van der Waals surface area contributed by atoms with Crippen molar-refractivity contribution in [3.05, 3.63) is 34.6 Å². The molecule has 15 heavy (non-hydrogen) atoms. The van der Waals surface area contributed by atoms with E-state index in [1.807, 2.05) is 18.2 Å². The minimum absolute atomic E-state index is 0.166. The lowest BCUT2D eigenvalue weighted by Crippen LogP contribution is -1.98. The highest BCUT2D eigenvalue weighted by Crippen LogP contribution is 2.24. The highest BCUT2D eigenvalue weighted by atomic mass is 79.9. The smallest absolute Gasteiger partial charge is 0.373 e. The van der Waals surface area contributed by atoms with Gasteiger partial charge in [-0.3, -0.25) is 5.10 Å². The van der Waals surface area contributed by atoms with Gasteiger partial charge in [0.25, 0.3) is 0 Å². The molecule has 0 atom stereocenters. The van der Waals surface area contributed by atoms with Crippen molar-refractivity contribution in [1.29, 1.82) is 0 Å². The second-order valence-corrected chi connectivity index (χ2v) is 3.65. The normalized spacial score (nSPS) is 10.2. The van der Waals surface area contributed by atoms with E-state index in [9.17, 15) is 4.79 Å². The van der Waals surface area contributed by atoms with Gasteiger partial charge in [0.05, 0.1) is 0 Å². The van der Waals surface area contributed by atoms with E-state index in [-0.39, 0.29) is 5.82 Å². The number of aromatic carboxylic acids is 1. The number of nitrogens with one attached hydrogen (secondary N) is 1. The van der Waals surface area contributed by atoms with Gasteiger partial charge in [-0.2, -0.15) is 5.10 Å². The predicted octanol–water partition coefficient (Wildman–Crippen LogP) is 1.93. The van der Waals surface area contributed by atoms with Gasteiger partial charge in [0.2, 0.25) is 5.82 Å². The number of carboxylic acids is 1. The Morgan fingerprint density at radius 1 is 1.40 bits per heavy atom. The van der Waals surface area contributed by atoms with E-state index in [1.165, 1.54) is 0 Å². The van der Waals surface area contributed by atoms with Gasteiger partial charge < -0.3 is 5.11 Å². The molecule has 0 saturated carbocycles. The molecular formula is C9H6BrN3O2. The Morgan fingerprint density at radius 2 is 2.13 bits per heavy atom. The number of aromatic amines is 1. The third-order valence-electron chi connectivity index (χ3n) is 1.80. The van der Waals surface area contributed by atoms with Crippen LogP contribution in [-0.2, 0) is 0 Å². The molecule has 0 bridgehead atoms. The number of hydrogen-bond donors (Lipinski definition) is 2. The number of hydrogen-bond acceptors (Lipinski definition) is 3. The van der Waals surface area contributed by atoms with Crippen LogP contribution in [-0.4, -0.2) is 26.3 Å². The average Bonchev–Trinajstić information content (AvgIpc) is 2.67. The Kier molecular flexibility index (Phi) is 2.51. The number of rotatable bonds is 2. The minimum atomic E-state index is -1.12. The zero-order chi connectivity index (χ0) is 10.8. The molecule has 0 aliphatic carbocycles. The van der Waals surface area contributed by atoms with Crippen LogP contribution in [0.1, 0.15) is 10.6 Å². The zero-order valence-corrected chi connectivity index (χ0v) is 9.02. The lowest BCUT2D eigenvalue weighted by atomic mass is 10.2. The molecule has 0 fully saturated rings. The molecule has 2 rings (SSSR count). The van der Waals surface area contributed by atoms with Crippen molar-refractivity contribution in [2.75, 3.05) is 0 Å². The Bertz CT molecular complexity index is 510. The summed E-state index contributed by atoms with van der Waals surface area (Å²) in [5.74, 6) is -0.929. The van der Waals surface area contributed by atoms with Gasteiger partial charge in [0.1, 0.15) is 0 Å². The standard InChI is InChI=1S/C9H6BrN3O2/c10-6-4-2-1-3-5(6)7-11-8(9(14)15)13-12-7/h1-4H,(H,14,15)(H,11,12,13). The first kappa shape index (κ1) is 9.85. The van der Waals surface area contributed by atoms with Crippen LogP contribution in [0, 0.1) is 0 Å². The number of carbonyl (C=O) groups is 1. The fourth-order valence-corrected chi connectivity index (χ4v) is 1.58. The molecule has 6 heteroatoms. The van der Waals surface area contributed by atoms with Crippen molar-refractivity contribution in [3.63, 3.8) is 0 Å². The van der Waals surface area contributed by atoms with Gasteiger partial charge in [-0.25, -0.2) is 9.78 Å². The molecule has 0 saturated heterocycles. The highest BCUT2D eigenvalue weighted by molar-refractivity contribution is 9.10. The largest absolute Gasteiger partial charge is 0.475 e. The first-order chi connectivity index (χ1) is 7.18. The van der Waals surface area contributed by atoms with Crippen LogP contribution in [0.2, 0.25) is 0 Å². The number of benzene rings is 1. The molecule has 0 radical (unpaired) electrons. The zero-order valence-electron chi connectivity index (χ0n) is 7.44. The molecule has 2 N–H and O–H groups in total. The monoisotopic (exact) mass is 267 g/mol. The van der Waals surface area contributed by atoms with E-state index in [0.717, 1.165) is 10.0 Å². The molecule has 76 valence electrons. The van der Waals surface area contributed by atoms with Crippen LogP contribution in [0.3, 0.4) is 0 Å². The lowest BCUT2D eigenvalue weighted by Gasteiger charge is -1.96. The summed E-state index contributed by atoms with van der Waals surface area (Å²) in [4.78, 5) is 14.4. The molecule has 0 spiro atoms. The lowest BCUT2D eigenvalue weighted by molar-refractivity contribution is 0.0684. The molecule has 5 nitrogen and oxygen atoms in total. The summed E-state index contributed by atoms with van der Waals surface area (Å²) >= 11 is 3.34. The summed E-state index contributed by atoms with van der Waals surface area (Å²) in [6.45, 7) is 0. The summed E-state index contributed by atoms with van der Waals surface area (Å²) in [5, 5.41) is 14.8. The van der Waals surface area contributed by atoms with Crippen molar-refractivity contribution >= 4 is 21.9 Å². The second-order valence-electron chi connectivity index (χ2n) is 2.79. The Balaban J connectivity index is 2.46. The second kappa shape index (κ2) is 3.82. The molecule has 2 aromatic rings. The van der Waals surface area contributed by atoms with Gasteiger partial charge in [-0.15, -0.1) is 0 Å². The Morgan fingerprint density at radius 3 is 2.73 bits per heavy atom. The number of halogens is 1. The van der Waals surface area contributed by atoms with Crippen molar-refractivity contribution in [2.45, 2.75) is 0 Å². The summed E-state index contributed by atoms with van der Waals surface area (Å²) < 4.78 is 0.820. The van der Waals surface area contributed by atoms with Crippen LogP contribution in [0.25, 0.3) is 11.4 Å². The molecular weight excluding hydrogens is 262 g/mol. The maximum absolute atomic E-state index is 10.6. The van der Waals surface area contributed by atoms with Crippen molar-refractivity contribution in [1.82, 2.24) is 15.2 Å². The quantitative estimate of drug-likeness (QED) is 0.872. The van der Waals surface area contributed by atoms with Crippen LogP contribution >= 0.6 is 15.9 Å². The summed E-state index contributed by atoms with van der Waals surface area (Å²) in [6.07, 6.45) is 0. The average molecular weight is 268 g/mol. The van der Waals surface area contributed by atoms with Crippen LogP contribution in [0.15, 0.2) is 28.7 Å². The molecule has 0 amide bonds. The van der Waals surface area contributed by atoms with E-state index < -0.39 is 5.97 Å². The summed E-state index contributed by atoms with van der Waals surface area (Å²) in [5.41, 5.74) is 0.751. The summed E-state index contributed by atoms with van der Waals surface area (Å²) in [7, 11) is 0. The van der Waals surface area contributed by atoms with Crippen molar-refractivity contribution in [3.8, 4) is 11.4 Å². The Hall–Kier alpha value is -1.69. The van der Waals surface area contributed by atoms with Gasteiger partial charge >= 0.3 is 5.97 Å². The molecule has 0 unspecified atom stereocenters. The van der Waals surface area contributed by atoms with Crippen molar-refractivity contribution < 1.29 is 9.90 Å². The fourth-order valence-electron chi connectivity index (χ4n) is 1.12. The Labute approximate surface area is 93.3 Å². The van der Waals surface area contributed by atoms with E-state index >= 15 is 0 Å². The third kappa shape index (κ3) is 1.89.